The molecule has 0 radical (unpaired) electrons. The fraction of sp³-hybridized carbons (Fsp3) is 0.214. The lowest BCUT2D eigenvalue weighted by molar-refractivity contribution is -0.430. The zero-order chi connectivity index (χ0) is 15.9. The van der Waals surface area contributed by atoms with E-state index in [1.807, 2.05) is 6.07 Å². The topological polar surface area (TPSA) is 96.2 Å². The van der Waals surface area contributed by atoms with E-state index < -0.39 is 10.8 Å². The molecule has 1 aromatic carbocycles. The molecular formula is C14H11BrN4O2S. The lowest BCUT2D eigenvalue weighted by Crippen LogP contribution is -2.34. The number of thioether (sulfide) groups is 1. The first kappa shape index (κ1) is 14.9. The number of nitriles is 1. The van der Waals surface area contributed by atoms with Gasteiger partial charge in [0.25, 0.3) is 5.70 Å². The van der Waals surface area contributed by atoms with Crippen LogP contribution in [0.2, 0.25) is 0 Å². The van der Waals surface area contributed by atoms with Crippen molar-refractivity contribution in [3.63, 3.8) is 0 Å². The third kappa shape index (κ3) is 2.17. The van der Waals surface area contributed by atoms with Gasteiger partial charge in [-0.15, -0.1) is 0 Å². The highest BCUT2D eigenvalue weighted by molar-refractivity contribution is 9.10. The highest BCUT2D eigenvalue weighted by atomic mass is 79.9. The second kappa shape index (κ2) is 5.66. The van der Waals surface area contributed by atoms with Gasteiger partial charge in [0, 0.05) is 16.8 Å². The Morgan fingerprint density at radius 3 is 2.86 bits per heavy atom. The zero-order valence-electron chi connectivity index (χ0n) is 11.3. The van der Waals surface area contributed by atoms with Crippen LogP contribution >= 0.6 is 27.7 Å². The Morgan fingerprint density at radius 2 is 2.23 bits per heavy atom. The van der Waals surface area contributed by atoms with Crippen LogP contribution in [0.4, 0.5) is 0 Å². The average molecular weight is 379 g/mol. The Hall–Kier alpha value is -1.98. The van der Waals surface area contributed by atoms with Crippen LogP contribution in [0.3, 0.4) is 0 Å². The molecule has 0 saturated carbocycles. The third-order valence-electron chi connectivity index (χ3n) is 3.68. The molecule has 2 aliphatic heterocycles. The zero-order valence-corrected chi connectivity index (χ0v) is 13.7. The van der Waals surface area contributed by atoms with E-state index in [2.05, 4.69) is 22.0 Å². The Morgan fingerprint density at radius 1 is 1.50 bits per heavy atom. The van der Waals surface area contributed by atoms with E-state index in [1.54, 1.807) is 23.1 Å². The summed E-state index contributed by atoms with van der Waals surface area (Å²) in [6.07, 6.45) is 0. The van der Waals surface area contributed by atoms with Gasteiger partial charge in [-0.05, 0) is 11.6 Å². The monoisotopic (exact) mass is 378 g/mol. The van der Waals surface area contributed by atoms with Crippen LogP contribution in [0, 0.1) is 21.4 Å². The SMILES string of the molecule is N#CC1=C(N)N2CCSC2=C([N+](=O)[O-])C1c1ccccc1Br. The van der Waals surface area contributed by atoms with E-state index >= 15 is 0 Å². The molecule has 22 heavy (non-hydrogen) atoms. The molecule has 3 rings (SSSR count). The minimum atomic E-state index is -0.757. The number of nitrogens with two attached hydrogens (primary N) is 1. The summed E-state index contributed by atoms with van der Waals surface area (Å²) in [6, 6.07) is 9.27. The number of hydrogen-bond donors (Lipinski definition) is 1. The number of halogens is 1. The number of fused-ring (bicyclic) bond motifs is 1. The van der Waals surface area contributed by atoms with Crippen LogP contribution in [0.1, 0.15) is 11.5 Å². The van der Waals surface area contributed by atoms with Crippen LogP contribution < -0.4 is 5.73 Å². The van der Waals surface area contributed by atoms with E-state index in [9.17, 15) is 15.4 Å². The van der Waals surface area contributed by atoms with Crippen LogP contribution in [0.25, 0.3) is 0 Å². The summed E-state index contributed by atoms with van der Waals surface area (Å²) >= 11 is 4.83. The number of nitrogens with zero attached hydrogens (tertiary/aromatic N) is 3. The van der Waals surface area contributed by atoms with Crippen molar-refractivity contribution in [2.24, 2.45) is 5.73 Å². The van der Waals surface area contributed by atoms with Crippen molar-refractivity contribution in [3.8, 4) is 6.07 Å². The van der Waals surface area contributed by atoms with Crippen molar-refractivity contribution >= 4 is 27.7 Å². The van der Waals surface area contributed by atoms with Gasteiger partial charge in [-0.2, -0.15) is 5.26 Å². The van der Waals surface area contributed by atoms with Crippen molar-refractivity contribution in [2.75, 3.05) is 12.3 Å². The van der Waals surface area contributed by atoms with Gasteiger partial charge in [0.1, 0.15) is 11.7 Å². The summed E-state index contributed by atoms with van der Waals surface area (Å²) < 4.78 is 0.719. The van der Waals surface area contributed by atoms with E-state index in [-0.39, 0.29) is 11.3 Å². The van der Waals surface area contributed by atoms with Gasteiger partial charge >= 0.3 is 0 Å². The molecular weight excluding hydrogens is 368 g/mol. The predicted molar refractivity (Wildman–Crippen MR) is 86.9 cm³/mol. The van der Waals surface area contributed by atoms with Crippen LogP contribution in [-0.2, 0) is 0 Å². The molecule has 0 bridgehead atoms. The maximum atomic E-state index is 11.7. The molecule has 2 N–H and O–H groups in total. The summed E-state index contributed by atoms with van der Waals surface area (Å²) in [7, 11) is 0. The molecule has 0 amide bonds. The first-order chi connectivity index (χ1) is 10.6. The van der Waals surface area contributed by atoms with Crippen LogP contribution in [0.15, 0.2) is 50.9 Å². The molecule has 6 nitrogen and oxygen atoms in total. The minimum absolute atomic E-state index is 0.0279. The Kier molecular flexibility index (Phi) is 3.85. The summed E-state index contributed by atoms with van der Waals surface area (Å²) in [4.78, 5) is 13.0. The fourth-order valence-corrected chi connectivity index (χ4v) is 4.39. The second-order valence-electron chi connectivity index (χ2n) is 4.81. The van der Waals surface area contributed by atoms with Crippen LogP contribution in [0.5, 0.6) is 0 Å². The van der Waals surface area contributed by atoms with Crippen molar-refractivity contribution in [1.82, 2.24) is 4.90 Å². The van der Waals surface area contributed by atoms with E-state index in [0.29, 0.717) is 23.0 Å². The first-order valence-electron chi connectivity index (χ1n) is 6.49. The lowest BCUT2D eigenvalue weighted by atomic mass is 9.87. The summed E-state index contributed by atoms with van der Waals surface area (Å²) in [5.74, 6) is 0.274. The Labute approximate surface area is 139 Å². The predicted octanol–water partition coefficient (Wildman–Crippen LogP) is 2.73. The van der Waals surface area contributed by atoms with Gasteiger partial charge in [-0.1, -0.05) is 45.9 Å². The highest BCUT2D eigenvalue weighted by Crippen LogP contribution is 2.47. The van der Waals surface area contributed by atoms with Crippen molar-refractivity contribution in [3.05, 3.63) is 66.5 Å². The smallest absolute Gasteiger partial charge is 0.288 e. The normalized spacial score (nSPS) is 20.9. The quantitative estimate of drug-likeness (QED) is 0.627. The molecule has 2 heterocycles. The molecule has 1 atom stereocenters. The molecule has 2 aliphatic rings. The van der Waals surface area contributed by atoms with Crippen LogP contribution in [-0.4, -0.2) is 22.1 Å². The van der Waals surface area contributed by atoms with Crippen molar-refractivity contribution in [2.45, 2.75) is 5.92 Å². The van der Waals surface area contributed by atoms with E-state index in [0.717, 1.165) is 10.2 Å². The maximum absolute atomic E-state index is 11.7. The van der Waals surface area contributed by atoms with Gasteiger partial charge in [0.2, 0.25) is 0 Å². The van der Waals surface area contributed by atoms with E-state index in [1.165, 1.54) is 11.8 Å². The molecule has 0 aliphatic carbocycles. The summed E-state index contributed by atoms with van der Waals surface area (Å²) in [6.45, 7) is 0.580. The largest absolute Gasteiger partial charge is 0.384 e. The summed E-state index contributed by atoms with van der Waals surface area (Å²) in [5, 5.41) is 21.7. The number of nitro groups is 1. The molecule has 8 heteroatoms. The maximum Gasteiger partial charge on any atom is 0.288 e. The number of allylic oxidation sites excluding steroid dienone is 1. The Balaban J connectivity index is 2.28. The summed E-state index contributed by atoms with van der Waals surface area (Å²) in [5.41, 5.74) is 7.04. The molecule has 1 unspecified atom stereocenters. The second-order valence-corrected chi connectivity index (χ2v) is 6.75. The van der Waals surface area contributed by atoms with Gasteiger partial charge in [0.05, 0.1) is 16.6 Å². The molecule has 1 fully saturated rings. The van der Waals surface area contributed by atoms with Crippen molar-refractivity contribution in [1.29, 1.82) is 5.26 Å². The van der Waals surface area contributed by atoms with Gasteiger partial charge in [-0.3, -0.25) is 10.1 Å². The fourth-order valence-electron chi connectivity index (χ4n) is 2.73. The van der Waals surface area contributed by atoms with Gasteiger partial charge in [0.15, 0.2) is 5.03 Å². The molecule has 1 aromatic rings. The first-order valence-corrected chi connectivity index (χ1v) is 8.27. The number of rotatable bonds is 2. The minimum Gasteiger partial charge on any atom is -0.384 e. The van der Waals surface area contributed by atoms with Gasteiger partial charge in [-0.25, -0.2) is 0 Å². The van der Waals surface area contributed by atoms with Crippen molar-refractivity contribution < 1.29 is 4.92 Å². The lowest BCUT2D eigenvalue weighted by Gasteiger charge is -2.29. The molecule has 0 aromatic heterocycles. The highest BCUT2D eigenvalue weighted by Gasteiger charge is 2.45. The number of hydrogen-bond acceptors (Lipinski definition) is 6. The van der Waals surface area contributed by atoms with Gasteiger partial charge < -0.3 is 10.6 Å². The number of benzene rings is 1. The molecule has 1 saturated heterocycles. The standard InChI is InChI=1S/C14H11BrN4O2S/c15-10-4-2-1-3-8(10)11-9(7-16)13(17)18-5-6-22-14(18)12(11)19(20)21/h1-4,11H,5-6,17H2. The molecule has 112 valence electrons. The Bertz CT molecular complexity index is 768. The molecule has 0 spiro atoms. The van der Waals surface area contributed by atoms with E-state index in [4.69, 9.17) is 5.73 Å². The average Bonchev–Trinajstić information content (AvgIpc) is 2.96. The third-order valence-corrected chi connectivity index (χ3v) is 5.49.